The fourth-order valence-corrected chi connectivity index (χ4v) is 2.04. The predicted octanol–water partition coefficient (Wildman–Crippen LogP) is 2.62. The minimum absolute atomic E-state index is 0.0722. The number of ether oxygens (including phenoxy) is 1. The van der Waals surface area contributed by atoms with Crippen LogP contribution in [-0.4, -0.2) is 17.1 Å². The Balaban J connectivity index is 2.64. The molecule has 0 unspecified atom stereocenters. The third kappa shape index (κ3) is 2.52. The monoisotopic (exact) mass is 258 g/mol. The summed E-state index contributed by atoms with van der Waals surface area (Å²) < 4.78 is 5.20. The van der Waals surface area contributed by atoms with Crippen LogP contribution in [0.15, 0.2) is 23.0 Å². The molecule has 0 aliphatic rings. The summed E-state index contributed by atoms with van der Waals surface area (Å²) in [4.78, 5) is 19.2. The van der Waals surface area contributed by atoms with E-state index in [0.29, 0.717) is 17.8 Å². The number of hydrogen-bond donors (Lipinski definition) is 1. The molecule has 0 saturated carbocycles. The van der Waals surface area contributed by atoms with Crippen LogP contribution in [0.2, 0.25) is 0 Å². The van der Waals surface area contributed by atoms with Gasteiger partial charge in [0.15, 0.2) is 0 Å². The van der Waals surface area contributed by atoms with Crippen LogP contribution in [0.1, 0.15) is 23.9 Å². The van der Waals surface area contributed by atoms with Crippen molar-refractivity contribution < 1.29 is 4.74 Å². The number of nitrogens with zero attached hydrogens (tertiary/aromatic N) is 1. The SMILES string of the molecule is CCc1nc(-c2ccc(OC)cc2C)c(C)c(=O)[nH]1. The average molecular weight is 258 g/mol. The van der Waals surface area contributed by atoms with Gasteiger partial charge in [0.05, 0.1) is 12.8 Å². The van der Waals surface area contributed by atoms with E-state index in [1.807, 2.05) is 32.0 Å². The summed E-state index contributed by atoms with van der Waals surface area (Å²) in [6.45, 7) is 5.76. The molecule has 2 aromatic rings. The van der Waals surface area contributed by atoms with Gasteiger partial charge in [-0.25, -0.2) is 4.98 Å². The van der Waals surface area contributed by atoms with Crippen LogP contribution in [0.5, 0.6) is 5.75 Å². The molecular formula is C15H18N2O2. The third-order valence-corrected chi connectivity index (χ3v) is 3.22. The zero-order valence-electron chi connectivity index (χ0n) is 11.7. The van der Waals surface area contributed by atoms with E-state index in [-0.39, 0.29) is 5.56 Å². The number of H-pyrrole nitrogens is 1. The van der Waals surface area contributed by atoms with Crippen molar-refractivity contribution in [1.29, 1.82) is 0 Å². The maximum absolute atomic E-state index is 11.9. The van der Waals surface area contributed by atoms with E-state index in [1.165, 1.54) is 0 Å². The lowest BCUT2D eigenvalue weighted by Crippen LogP contribution is -2.16. The van der Waals surface area contributed by atoms with E-state index in [1.54, 1.807) is 14.0 Å². The lowest BCUT2D eigenvalue weighted by molar-refractivity contribution is 0.414. The summed E-state index contributed by atoms with van der Waals surface area (Å²) in [7, 11) is 1.64. The van der Waals surface area contributed by atoms with Crippen molar-refractivity contribution >= 4 is 0 Å². The standard InChI is InChI=1S/C15H18N2O2/c1-5-13-16-14(10(3)15(18)17-13)12-7-6-11(19-4)8-9(12)2/h6-8H,5H2,1-4H3,(H,16,17,18). The molecule has 0 bridgehead atoms. The number of methoxy groups -OCH3 is 1. The first-order valence-electron chi connectivity index (χ1n) is 6.31. The van der Waals surface area contributed by atoms with Crippen LogP contribution in [-0.2, 0) is 6.42 Å². The summed E-state index contributed by atoms with van der Waals surface area (Å²) in [5, 5.41) is 0. The van der Waals surface area contributed by atoms with E-state index in [9.17, 15) is 4.79 Å². The summed E-state index contributed by atoms with van der Waals surface area (Å²) in [5.74, 6) is 1.51. The molecular weight excluding hydrogens is 240 g/mol. The molecule has 100 valence electrons. The van der Waals surface area contributed by atoms with Gasteiger partial charge >= 0.3 is 0 Å². The molecule has 0 aliphatic heterocycles. The largest absolute Gasteiger partial charge is 0.497 e. The van der Waals surface area contributed by atoms with Gasteiger partial charge in [-0.3, -0.25) is 4.79 Å². The molecule has 4 nitrogen and oxygen atoms in total. The van der Waals surface area contributed by atoms with Gasteiger partial charge in [-0.05, 0) is 37.6 Å². The molecule has 0 radical (unpaired) electrons. The Bertz CT molecular complexity index is 660. The highest BCUT2D eigenvalue weighted by Crippen LogP contribution is 2.26. The molecule has 2 rings (SSSR count). The number of nitrogens with one attached hydrogen (secondary N) is 1. The lowest BCUT2D eigenvalue weighted by atomic mass is 10.0. The summed E-state index contributed by atoms with van der Waals surface area (Å²) in [6.07, 6.45) is 0.706. The van der Waals surface area contributed by atoms with Gasteiger partial charge < -0.3 is 9.72 Å². The number of aromatic amines is 1. The zero-order chi connectivity index (χ0) is 14.0. The van der Waals surface area contributed by atoms with Crippen molar-refractivity contribution in [2.75, 3.05) is 7.11 Å². The van der Waals surface area contributed by atoms with Crippen molar-refractivity contribution in [2.24, 2.45) is 0 Å². The average Bonchev–Trinajstić information content (AvgIpc) is 2.42. The van der Waals surface area contributed by atoms with E-state index in [4.69, 9.17) is 4.74 Å². The zero-order valence-corrected chi connectivity index (χ0v) is 11.7. The number of benzene rings is 1. The molecule has 0 spiro atoms. The fourth-order valence-electron chi connectivity index (χ4n) is 2.04. The maximum Gasteiger partial charge on any atom is 0.254 e. The highest BCUT2D eigenvalue weighted by molar-refractivity contribution is 5.67. The van der Waals surface area contributed by atoms with Gasteiger partial charge in [0, 0.05) is 17.5 Å². The van der Waals surface area contributed by atoms with Gasteiger partial charge in [0.25, 0.3) is 5.56 Å². The lowest BCUT2D eigenvalue weighted by Gasteiger charge is -2.10. The summed E-state index contributed by atoms with van der Waals surface area (Å²) in [6, 6.07) is 5.78. The maximum atomic E-state index is 11.9. The molecule has 19 heavy (non-hydrogen) atoms. The predicted molar refractivity (Wildman–Crippen MR) is 75.7 cm³/mol. The van der Waals surface area contributed by atoms with Crippen LogP contribution >= 0.6 is 0 Å². The van der Waals surface area contributed by atoms with Crippen molar-refractivity contribution in [3.63, 3.8) is 0 Å². The first-order chi connectivity index (χ1) is 9.06. The highest BCUT2D eigenvalue weighted by Gasteiger charge is 2.11. The molecule has 0 atom stereocenters. The molecule has 4 heteroatoms. The number of hydrogen-bond acceptors (Lipinski definition) is 3. The fraction of sp³-hybridized carbons (Fsp3) is 0.333. The highest BCUT2D eigenvalue weighted by atomic mass is 16.5. The topological polar surface area (TPSA) is 55.0 Å². The van der Waals surface area contributed by atoms with Gasteiger partial charge in [-0.15, -0.1) is 0 Å². The first-order valence-corrected chi connectivity index (χ1v) is 6.31. The van der Waals surface area contributed by atoms with Crippen LogP contribution in [0.4, 0.5) is 0 Å². The Hall–Kier alpha value is -2.10. The van der Waals surface area contributed by atoms with Crippen LogP contribution in [0.25, 0.3) is 11.3 Å². The Morgan fingerprint density at radius 1 is 1.32 bits per heavy atom. The Labute approximate surface area is 112 Å². The Morgan fingerprint density at radius 2 is 2.05 bits per heavy atom. The number of aromatic nitrogens is 2. The quantitative estimate of drug-likeness (QED) is 0.920. The van der Waals surface area contributed by atoms with Gasteiger partial charge in [0.2, 0.25) is 0 Å². The molecule has 1 heterocycles. The second kappa shape index (κ2) is 5.26. The molecule has 0 saturated heterocycles. The van der Waals surface area contributed by atoms with Crippen molar-refractivity contribution in [1.82, 2.24) is 9.97 Å². The number of aryl methyl sites for hydroxylation is 2. The Kier molecular flexibility index (Phi) is 3.69. The van der Waals surface area contributed by atoms with Crippen LogP contribution in [0, 0.1) is 13.8 Å². The van der Waals surface area contributed by atoms with Crippen LogP contribution in [0.3, 0.4) is 0 Å². The van der Waals surface area contributed by atoms with Gasteiger partial charge in [-0.2, -0.15) is 0 Å². The van der Waals surface area contributed by atoms with Crippen molar-refractivity contribution in [3.8, 4) is 17.0 Å². The minimum Gasteiger partial charge on any atom is -0.497 e. The first kappa shape index (κ1) is 13.3. The molecule has 1 N–H and O–H groups in total. The van der Waals surface area contributed by atoms with Gasteiger partial charge in [-0.1, -0.05) is 6.92 Å². The minimum atomic E-state index is -0.0722. The molecule has 0 amide bonds. The smallest absolute Gasteiger partial charge is 0.254 e. The van der Waals surface area contributed by atoms with E-state index >= 15 is 0 Å². The second-order valence-corrected chi connectivity index (χ2v) is 4.52. The molecule has 1 aromatic heterocycles. The van der Waals surface area contributed by atoms with Gasteiger partial charge in [0.1, 0.15) is 11.6 Å². The van der Waals surface area contributed by atoms with Crippen molar-refractivity contribution in [3.05, 3.63) is 45.5 Å². The number of rotatable bonds is 3. The van der Waals surface area contributed by atoms with Crippen molar-refractivity contribution in [2.45, 2.75) is 27.2 Å². The second-order valence-electron chi connectivity index (χ2n) is 4.52. The molecule has 1 aromatic carbocycles. The summed E-state index contributed by atoms with van der Waals surface area (Å²) >= 11 is 0. The molecule has 0 fully saturated rings. The molecule has 0 aliphatic carbocycles. The Morgan fingerprint density at radius 3 is 2.63 bits per heavy atom. The third-order valence-electron chi connectivity index (χ3n) is 3.22. The normalized spacial score (nSPS) is 10.5. The van der Waals surface area contributed by atoms with Crippen LogP contribution < -0.4 is 10.3 Å². The summed E-state index contributed by atoms with van der Waals surface area (Å²) in [5.41, 5.74) is 3.34. The van der Waals surface area contributed by atoms with E-state index in [2.05, 4.69) is 9.97 Å². The van der Waals surface area contributed by atoms with E-state index in [0.717, 1.165) is 22.6 Å². The van der Waals surface area contributed by atoms with E-state index < -0.39 is 0 Å².